The van der Waals surface area contributed by atoms with E-state index in [1.165, 1.54) is 6.20 Å². The molecule has 190 valence electrons. The van der Waals surface area contributed by atoms with E-state index in [9.17, 15) is 10.4 Å². The molecule has 0 aliphatic carbocycles. The van der Waals surface area contributed by atoms with Gasteiger partial charge in [0.2, 0.25) is 0 Å². The molecule has 0 radical (unpaired) electrons. The zero-order valence-corrected chi connectivity index (χ0v) is 21.5. The van der Waals surface area contributed by atoms with Crippen LogP contribution in [0.1, 0.15) is 48.3 Å². The molecule has 0 saturated heterocycles. The first kappa shape index (κ1) is 25.1. The number of benzene rings is 2. The molecule has 4 N–H and O–H groups in total. The van der Waals surface area contributed by atoms with Crippen LogP contribution in [0.3, 0.4) is 0 Å². The molecule has 0 fully saturated rings. The molecule has 0 aliphatic heterocycles. The van der Waals surface area contributed by atoms with Crippen LogP contribution in [0.4, 0.5) is 11.4 Å². The predicted octanol–water partition coefficient (Wildman–Crippen LogP) is 5.40. The largest absolute Gasteiger partial charge is 0.388 e. The van der Waals surface area contributed by atoms with Gasteiger partial charge in [-0.3, -0.25) is 9.97 Å². The lowest BCUT2D eigenvalue weighted by molar-refractivity contribution is 0.0589. The Morgan fingerprint density at radius 3 is 2.47 bits per heavy atom. The van der Waals surface area contributed by atoms with Crippen molar-refractivity contribution in [1.29, 1.82) is 5.26 Å². The van der Waals surface area contributed by atoms with Gasteiger partial charge in [0.15, 0.2) is 0 Å². The zero-order chi connectivity index (χ0) is 26.7. The quantitative estimate of drug-likeness (QED) is 0.212. The number of hydrogen-bond donors (Lipinski definition) is 4. The molecule has 0 bridgehead atoms. The molecule has 3 aromatic heterocycles. The fourth-order valence-electron chi connectivity index (χ4n) is 4.43. The molecule has 38 heavy (non-hydrogen) atoms. The Hall–Kier alpha value is -4.52. The molecule has 0 spiro atoms. The van der Waals surface area contributed by atoms with Crippen LogP contribution in [0, 0.1) is 11.3 Å². The highest BCUT2D eigenvalue weighted by Gasteiger charge is 2.30. The third kappa shape index (κ3) is 5.13. The lowest BCUT2D eigenvalue weighted by Gasteiger charge is -2.32. The maximum atomic E-state index is 11.1. The van der Waals surface area contributed by atoms with Crippen molar-refractivity contribution in [2.45, 2.75) is 31.5 Å². The second-order valence-electron chi connectivity index (χ2n) is 9.41. The molecule has 0 saturated carbocycles. The van der Waals surface area contributed by atoms with Crippen LogP contribution in [-0.2, 0) is 0 Å². The highest BCUT2D eigenvalue weighted by molar-refractivity contribution is 6.35. The molecule has 5 rings (SSSR count). The molecule has 10 heteroatoms. The average Bonchev–Trinajstić information content (AvgIpc) is 3.45. The van der Waals surface area contributed by atoms with Crippen LogP contribution >= 0.6 is 11.6 Å². The molecular weight excluding hydrogens is 500 g/mol. The van der Waals surface area contributed by atoms with Gasteiger partial charge in [-0.05, 0) is 43.2 Å². The van der Waals surface area contributed by atoms with E-state index in [1.807, 2.05) is 48.5 Å². The number of nitriles is 1. The number of nitrogens with one attached hydrogen (secondary N) is 3. The Labute approximate surface area is 224 Å². The minimum absolute atomic E-state index is 0.330. The van der Waals surface area contributed by atoms with Gasteiger partial charge in [-0.1, -0.05) is 48.0 Å². The first-order valence-electron chi connectivity index (χ1n) is 11.9. The first-order chi connectivity index (χ1) is 18.3. The maximum absolute atomic E-state index is 11.1. The Morgan fingerprint density at radius 1 is 1.03 bits per heavy atom. The molecule has 2 atom stereocenters. The summed E-state index contributed by atoms with van der Waals surface area (Å²) in [5.41, 5.74) is 3.33. The molecular formula is C28H25ClN8O. The van der Waals surface area contributed by atoms with E-state index in [4.69, 9.17) is 11.6 Å². The fraction of sp³-hybridized carbons (Fsp3) is 0.179. The topological polar surface area (TPSA) is 135 Å². The third-order valence-corrected chi connectivity index (χ3v) is 6.52. The number of aliphatic hydroxyl groups is 1. The Balaban J connectivity index is 1.63. The van der Waals surface area contributed by atoms with Gasteiger partial charge in [-0.15, -0.1) is 0 Å². The van der Waals surface area contributed by atoms with Crippen molar-refractivity contribution in [3.8, 4) is 6.07 Å². The minimum atomic E-state index is -1.15. The summed E-state index contributed by atoms with van der Waals surface area (Å²) in [5, 5.41) is 39.8. The first-order valence-corrected chi connectivity index (χ1v) is 12.3. The van der Waals surface area contributed by atoms with Crippen LogP contribution in [0.25, 0.3) is 10.9 Å². The number of aromatic nitrogens is 5. The van der Waals surface area contributed by atoms with E-state index < -0.39 is 11.6 Å². The molecule has 3 heterocycles. The molecule has 5 aromatic rings. The standard InChI is InChI=1S/C28H25ClN8O/c1-28(2,38)27(17-7-4-3-5-8-17)35-24-19(13-30)15-32-26-21(24)11-20(12-22(26)29)34-25(23-16-33-37-36-23)18-9-6-10-31-14-18/h3-12,14-16,25,27,34,38H,1-2H3,(H,32,35)(H,33,36,37). The van der Waals surface area contributed by atoms with Crippen molar-refractivity contribution in [3.63, 3.8) is 0 Å². The lowest BCUT2D eigenvalue weighted by atomic mass is 9.91. The summed E-state index contributed by atoms with van der Waals surface area (Å²) < 4.78 is 0. The molecule has 9 nitrogen and oxygen atoms in total. The maximum Gasteiger partial charge on any atom is 0.109 e. The van der Waals surface area contributed by atoms with Crippen LogP contribution in [0.5, 0.6) is 0 Å². The van der Waals surface area contributed by atoms with E-state index in [2.05, 4.69) is 42.1 Å². The van der Waals surface area contributed by atoms with E-state index >= 15 is 0 Å². The summed E-state index contributed by atoms with van der Waals surface area (Å²) in [6.45, 7) is 3.45. The van der Waals surface area contributed by atoms with Crippen LogP contribution < -0.4 is 10.6 Å². The molecule has 0 amide bonds. The van der Waals surface area contributed by atoms with Crippen LogP contribution in [-0.4, -0.2) is 36.1 Å². The number of pyridine rings is 2. The highest BCUT2D eigenvalue weighted by Crippen LogP contribution is 2.38. The third-order valence-electron chi connectivity index (χ3n) is 6.23. The summed E-state index contributed by atoms with van der Waals surface area (Å²) >= 11 is 6.72. The van der Waals surface area contributed by atoms with Gasteiger partial charge in [0.1, 0.15) is 11.8 Å². The van der Waals surface area contributed by atoms with Crippen LogP contribution in [0.2, 0.25) is 5.02 Å². The van der Waals surface area contributed by atoms with Gasteiger partial charge < -0.3 is 15.7 Å². The normalized spacial score (nSPS) is 13.0. The van der Waals surface area contributed by atoms with E-state index in [1.54, 1.807) is 38.5 Å². The smallest absolute Gasteiger partial charge is 0.109 e. The molecule has 2 unspecified atom stereocenters. The van der Waals surface area contributed by atoms with Crippen molar-refractivity contribution >= 4 is 33.9 Å². The van der Waals surface area contributed by atoms with Gasteiger partial charge in [-0.25, -0.2) is 0 Å². The van der Waals surface area contributed by atoms with E-state index in [0.29, 0.717) is 38.6 Å². The Morgan fingerprint density at radius 2 is 1.82 bits per heavy atom. The zero-order valence-electron chi connectivity index (χ0n) is 20.7. The van der Waals surface area contributed by atoms with E-state index in [0.717, 1.165) is 11.1 Å². The second-order valence-corrected chi connectivity index (χ2v) is 9.82. The average molecular weight is 525 g/mol. The summed E-state index contributed by atoms with van der Waals surface area (Å²) in [6, 6.07) is 18.4. The number of fused-ring (bicyclic) bond motifs is 1. The van der Waals surface area contributed by atoms with Crippen molar-refractivity contribution in [2.24, 2.45) is 0 Å². The number of anilines is 2. The van der Waals surface area contributed by atoms with Gasteiger partial charge in [0.25, 0.3) is 0 Å². The number of nitrogens with zero attached hydrogens (tertiary/aromatic N) is 5. The monoisotopic (exact) mass is 524 g/mol. The number of halogens is 1. The Kier molecular flexibility index (Phi) is 6.92. The van der Waals surface area contributed by atoms with Crippen LogP contribution in [0.15, 0.2) is 79.4 Å². The minimum Gasteiger partial charge on any atom is -0.388 e. The van der Waals surface area contributed by atoms with Crippen molar-refractivity contribution in [1.82, 2.24) is 25.4 Å². The number of H-pyrrole nitrogens is 1. The summed E-state index contributed by atoms with van der Waals surface area (Å²) in [6.07, 6.45) is 6.59. The SMILES string of the molecule is CC(C)(O)C(Nc1c(C#N)cnc2c(Cl)cc(NC(c3cccnc3)c3cn[nH]n3)cc12)c1ccccc1. The number of rotatable bonds is 8. The summed E-state index contributed by atoms with van der Waals surface area (Å²) in [5.74, 6) is 0. The van der Waals surface area contributed by atoms with Crippen molar-refractivity contribution in [3.05, 3.63) is 107 Å². The fourth-order valence-corrected chi connectivity index (χ4v) is 4.70. The van der Waals surface area contributed by atoms with E-state index in [-0.39, 0.29) is 6.04 Å². The van der Waals surface area contributed by atoms with Gasteiger partial charge in [-0.2, -0.15) is 20.7 Å². The number of aromatic amines is 1. The van der Waals surface area contributed by atoms with Crippen molar-refractivity contribution in [2.75, 3.05) is 10.6 Å². The summed E-state index contributed by atoms with van der Waals surface area (Å²) in [7, 11) is 0. The molecule has 2 aromatic carbocycles. The Bertz CT molecular complexity index is 1580. The van der Waals surface area contributed by atoms with Gasteiger partial charge >= 0.3 is 0 Å². The van der Waals surface area contributed by atoms with Crippen molar-refractivity contribution < 1.29 is 5.11 Å². The summed E-state index contributed by atoms with van der Waals surface area (Å²) in [4.78, 5) is 8.70. The van der Waals surface area contributed by atoms with Gasteiger partial charge in [0, 0.05) is 29.7 Å². The van der Waals surface area contributed by atoms with Gasteiger partial charge in [0.05, 0.1) is 45.7 Å². The second kappa shape index (κ2) is 10.5. The lowest BCUT2D eigenvalue weighted by Crippen LogP contribution is -2.34. The highest BCUT2D eigenvalue weighted by atomic mass is 35.5. The predicted molar refractivity (Wildman–Crippen MR) is 147 cm³/mol. The molecule has 0 aliphatic rings. The number of hydrogen-bond acceptors (Lipinski definition) is 8.